The van der Waals surface area contributed by atoms with Crippen LogP contribution in [0.15, 0.2) is 29.3 Å². The molecule has 0 bridgehead atoms. The number of methoxy groups -OCH3 is 1. The Morgan fingerprint density at radius 3 is 2.71 bits per heavy atom. The predicted octanol–water partition coefficient (Wildman–Crippen LogP) is 2.70. The number of nitrogens with zero attached hydrogens (tertiary/aromatic N) is 3. The minimum atomic E-state index is 0.398. The minimum Gasteiger partial charge on any atom is -0.495 e. The lowest BCUT2D eigenvalue weighted by molar-refractivity contribution is 0.242. The van der Waals surface area contributed by atoms with E-state index in [0.717, 1.165) is 50.7 Å². The van der Waals surface area contributed by atoms with Gasteiger partial charge in [-0.15, -0.1) is 0 Å². The molecule has 2 saturated heterocycles. The van der Waals surface area contributed by atoms with Crippen molar-refractivity contribution in [2.75, 3.05) is 51.3 Å². The van der Waals surface area contributed by atoms with Crippen molar-refractivity contribution in [2.45, 2.75) is 51.6 Å². The molecule has 6 heteroatoms. The fourth-order valence-corrected chi connectivity index (χ4v) is 4.31. The number of likely N-dealkylation sites (tertiary alicyclic amines) is 1. The Hall–Kier alpha value is -1.95. The molecule has 2 heterocycles. The van der Waals surface area contributed by atoms with Crippen LogP contribution in [0, 0.1) is 0 Å². The van der Waals surface area contributed by atoms with Gasteiger partial charge in [-0.1, -0.05) is 19.1 Å². The van der Waals surface area contributed by atoms with E-state index in [2.05, 4.69) is 46.4 Å². The van der Waals surface area contributed by atoms with Crippen molar-refractivity contribution >= 4 is 11.6 Å². The third kappa shape index (κ3) is 5.31. The second-order valence-electron chi connectivity index (χ2n) is 7.77. The van der Waals surface area contributed by atoms with Gasteiger partial charge in [-0.05, 0) is 57.8 Å². The molecule has 0 aromatic heterocycles. The van der Waals surface area contributed by atoms with Crippen LogP contribution in [0.3, 0.4) is 0 Å². The van der Waals surface area contributed by atoms with Gasteiger partial charge >= 0.3 is 0 Å². The highest BCUT2D eigenvalue weighted by atomic mass is 16.5. The lowest BCUT2D eigenvalue weighted by Crippen LogP contribution is -2.45. The van der Waals surface area contributed by atoms with E-state index >= 15 is 0 Å². The van der Waals surface area contributed by atoms with Gasteiger partial charge in [0.05, 0.1) is 19.3 Å². The van der Waals surface area contributed by atoms with Gasteiger partial charge in [-0.2, -0.15) is 0 Å². The zero-order valence-corrected chi connectivity index (χ0v) is 17.8. The lowest BCUT2D eigenvalue weighted by Gasteiger charge is -2.26. The van der Waals surface area contributed by atoms with Crippen LogP contribution in [-0.2, 0) is 0 Å². The molecule has 2 aliphatic heterocycles. The molecule has 156 valence electrons. The molecule has 6 nitrogen and oxygen atoms in total. The molecular weight excluding hydrogens is 350 g/mol. The number of aliphatic imine (C=N–C) groups is 1. The number of hydrogen-bond acceptors (Lipinski definition) is 4. The normalized spacial score (nSPS) is 21.8. The molecule has 1 aromatic rings. The van der Waals surface area contributed by atoms with Crippen molar-refractivity contribution in [1.29, 1.82) is 0 Å². The Labute approximate surface area is 170 Å². The molecule has 0 saturated carbocycles. The van der Waals surface area contributed by atoms with Gasteiger partial charge in [0.1, 0.15) is 5.75 Å². The molecular formula is C22H37N5O. The zero-order chi connectivity index (χ0) is 19.8. The molecule has 1 aromatic carbocycles. The number of hydrogen-bond donors (Lipinski definition) is 2. The van der Waals surface area contributed by atoms with E-state index in [-0.39, 0.29) is 0 Å². The maximum absolute atomic E-state index is 5.54. The molecule has 2 N–H and O–H groups in total. The number of rotatable bonds is 8. The van der Waals surface area contributed by atoms with Gasteiger partial charge in [0.25, 0.3) is 0 Å². The Balaban J connectivity index is 1.58. The van der Waals surface area contributed by atoms with Gasteiger partial charge in [0.15, 0.2) is 5.96 Å². The number of ether oxygens (including phenoxy) is 1. The first-order chi connectivity index (χ1) is 13.7. The van der Waals surface area contributed by atoms with Crippen LogP contribution in [0.4, 0.5) is 5.69 Å². The maximum Gasteiger partial charge on any atom is 0.191 e. The molecule has 0 amide bonds. The summed E-state index contributed by atoms with van der Waals surface area (Å²) in [4.78, 5) is 9.94. The van der Waals surface area contributed by atoms with E-state index in [1.807, 2.05) is 12.1 Å². The van der Waals surface area contributed by atoms with Crippen LogP contribution in [0.25, 0.3) is 0 Å². The number of guanidine groups is 1. The minimum absolute atomic E-state index is 0.398. The number of anilines is 1. The molecule has 2 aliphatic rings. The maximum atomic E-state index is 5.54. The van der Waals surface area contributed by atoms with Crippen LogP contribution in [0.1, 0.15) is 39.5 Å². The van der Waals surface area contributed by atoms with Gasteiger partial charge in [0, 0.05) is 31.7 Å². The predicted molar refractivity (Wildman–Crippen MR) is 118 cm³/mol. The molecule has 0 aliphatic carbocycles. The Bertz CT molecular complexity index is 629. The summed E-state index contributed by atoms with van der Waals surface area (Å²) in [6.07, 6.45) is 4.93. The zero-order valence-electron chi connectivity index (χ0n) is 17.8. The summed E-state index contributed by atoms with van der Waals surface area (Å²) in [7, 11) is 1.74. The molecule has 0 radical (unpaired) electrons. The fourth-order valence-electron chi connectivity index (χ4n) is 4.31. The van der Waals surface area contributed by atoms with E-state index in [4.69, 9.17) is 9.73 Å². The van der Waals surface area contributed by atoms with Crippen molar-refractivity contribution in [1.82, 2.24) is 15.5 Å². The summed E-state index contributed by atoms with van der Waals surface area (Å²) in [6, 6.07) is 9.23. The standard InChI is InChI=1S/C22H37N5O/c1-4-19(26-13-8-9-14-26)16-24-22(23-5-2)25-18-12-15-27(17-18)20-10-6-7-11-21(20)28-3/h6-7,10-11,18-19H,4-5,8-9,12-17H2,1-3H3,(H2,23,24,25). The van der Waals surface area contributed by atoms with Crippen LogP contribution < -0.4 is 20.3 Å². The van der Waals surface area contributed by atoms with E-state index < -0.39 is 0 Å². The van der Waals surface area contributed by atoms with Crippen LogP contribution in [-0.4, -0.2) is 69.3 Å². The molecule has 2 fully saturated rings. The second-order valence-corrected chi connectivity index (χ2v) is 7.77. The SMILES string of the molecule is CCNC(=NCC(CC)N1CCCC1)NC1CCN(c2ccccc2OC)C1. The van der Waals surface area contributed by atoms with E-state index in [0.29, 0.717) is 12.1 Å². The van der Waals surface area contributed by atoms with E-state index in [9.17, 15) is 0 Å². The first-order valence-corrected chi connectivity index (χ1v) is 10.9. The average Bonchev–Trinajstić information content (AvgIpc) is 3.41. The first kappa shape index (κ1) is 20.8. The summed E-state index contributed by atoms with van der Waals surface area (Å²) in [5.74, 6) is 1.90. The van der Waals surface area contributed by atoms with Gasteiger partial charge in [-0.3, -0.25) is 9.89 Å². The summed E-state index contributed by atoms with van der Waals surface area (Å²) >= 11 is 0. The summed E-state index contributed by atoms with van der Waals surface area (Å²) in [5, 5.41) is 7.10. The van der Waals surface area contributed by atoms with Crippen molar-refractivity contribution in [3.05, 3.63) is 24.3 Å². The third-order valence-corrected chi connectivity index (χ3v) is 5.89. The van der Waals surface area contributed by atoms with Gasteiger partial charge < -0.3 is 20.3 Å². The van der Waals surface area contributed by atoms with Gasteiger partial charge in [-0.25, -0.2) is 0 Å². The smallest absolute Gasteiger partial charge is 0.191 e. The Morgan fingerprint density at radius 2 is 2.00 bits per heavy atom. The van der Waals surface area contributed by atoms with Crippen LogP contribution >= 0.6 is 0 Å². The lowest BCUT2D eigenvalue weighted by atomic mass is 10.2. The van der Waals surface area contributed by atoms with Crippen LogP contribution in [0.5, 0.6) is 5.75 Å². The van der Waals surface area contributed by atoms with Crippen molar-refractivity contribution < 1.29 is 4.74 Å². The molecule has 0 spiro atoms. The monoisotopic (exact) mass is 387 g/mol. The van der Waals surface area contributed by atoms with Crippen molar-refractivity contribution in [2.24, 2.45) is 4.99 Å². The summed E-state index contributed by atoms with van der Waals surface area (Å²) in [6.45, 7) is 10.6. The highest BCUT2D eigenvalue weighted by molar-refractivity contribution is 5.80. The first-order valence-electron chi connectivity index (χ1n) is 10.9. The topological polar surface area (TPSA) is 52.1 Å². The third-order valence-electron chi connectivity index (χ3n) is 5.89. The summed E-state index contributed by atoms with van der Waals surface area (Å²) in [5.41, 5.74) is 1.18. The Morgan fingerprint density at radius 1 is 1.21 bits per heavy atom. The molecule has 2 atom stereocenters. The number of nitrogens with one attached hydrogen (secondary N) is 2. The van der Waals surface area contributed by atoms with Crippen molar-refractivity contribution in [3.8, 4) is 5.75 Å². The fraction of sp³-hybridized carbons (Fsp3) is 0.682. The number of para-hydroxylation sites is 2. The molecule has 2 unspecified atom stereocenters. The largest absolute Gasteiger partial charge is 0.495 e. The van der Waals surface area contributed by atoms with Gasteiger partial charge in [0.2, 0.25) is 0 Å². The average molecular weight is 388 g/mol. The molecule has 3 rings (SSSR count). The quantitative estimate of drug-likeness (QED) is 0.531. The van der Waals surface area contributed by atoms with Crippen molar-refractivity contribution in [3.63, 3.8) is 0 Å². The highest BCUT2D eigenvalue weighted by Gasteiger charge is 2.25. The van der Waals surface area contributed by atoms with E-state index in [1.165, 1.54) is 31.6 Å². The molecule has 28 heavy (non-hydrogen) atoms. The highest BCUT2D eigenvalue weighted by Crippen LogP contribution is 2.30. The number of benzene rings is 1. The van der Waals surface area contributed by atoms with E-state index in [1.54, 1.807) is 7.11 Å². The Kier molecular flexibility index (Phi) is 7.83. The summed E-state index contributed by atoms with van der Waals surface area (Å²) < 4.78 is 5.54. The second kappa shape index (κ2) is 10.6. The van der Waals surface area contributed by atoms with Crippen LogP contribution in [0.2, 0.25) is 0 Å².